The van der Waals surface area contributed by atoms with E-state index in [1.807, 2.05) is 0 Å². The minimum Gasteiger partial charge on any atom is -0.386 e. The van der Waals surface area contributed by atoms with Crippen molar-refractivity contribution in [2.75, 3.05) is 0 Å². The Morgan fingerprint density at radius 1 is 0.680 bits per heavy atom. The van der Waals surface area contributed by atoms with Gasteiger partial charge < -0.3 is 4.74 Å². The van der Waals surface area contributed by atoms with E-state index in [1.54, 1.807) is 0 Å². The number of carbonyl (C=O) groups excluding carboxylic acids is 5. The van der Waals surface area contributed by atoms with E-state index in [2.05, 4.69) is 4.74 Å². The van der Waals surface area contributed by atoms with Crippen LogP contribution in [-0.4, -0.2) is 29.3 Å². The van der Waals surface area contributed by atoms with Gasteiger partial charge in [0.1, 0.15) is 0 Å². The van der Waals surface area contributed by atoms with Crippen molar-refractivity contribution >= 4 is 29.3 Å². The highest BCUT2D eigenvalue weighted by Crippen LogP contribution is 2.25. The molecular weight excluding hydrogens is 324 g/mol. The van der Waals surface area contributed by atoms with E-state index in [9.17, 15) is 24.0 Å². The molecule has 4 rings (SSSR count). The van der Waals surface area contributed by atoms with Crippen LogP contribution in [0.15, 0.2) is 36.4 Å². The smallest absolute Gasteiger partial charge is 0.346 e. The third kappa shape index (κ3) is 2.30. The molecule has 0 bridgehead atoms. The second kappa shape index (κ2) is 5.31. The van der Waals surface area contributed by atoms with E-state index >= 15 is 0 Å². The van der Waals surface area contributed by atoms with Crippen LogP contribution in [0.25, 0.3) is 0 Å². The number of fused-ring (bicyclic) bond motifs is 2. The molecule has 2 aromatic rings. The third-order valence-corrected chi connectivity index (χ3v) is 4.37. The molecule has 1 aliphatic carbocycles. The van der Waals surface area contributed by atoms with Gasteiger partial charge in [-0.3, -0.25) is 14.4 Å². The Morgan fingerprint density at radius 2 is 1.20 bits per heavy atom. The average Bonchev–Trinajstić information content (AvgIpc) is 2.91. The molecule has 0 aromatic heterocycles. The summed E-state index contributed by atoms with van der Waals surface area (Å²) in [5.41, 5.74) is 1.17. The van der Waals surface area contributed by atoms with Gasteiger partial charge in [-0.2, -0.15) is 0 Å². The SMILES string of the molecule is O=C(c1ccc2c(c1)C(=O)CCC2=O)c1ccc2c(c1)C(=O)OC2=O. The summed E-state index contributed by atoms with van der Waals surface area (Å²) in [7, 11) is 0. The summed E-state index contributed by atoms with van der Waals surface area (Å²) in [5, 5.41) is 0. The number of esters is 2. The molecule has 1 heterocycles. The van der Waals surface area contributed by atoms with E-state index in [0.29, 0.717) is 5.56 Å². The summed E-state index contributed by atoms with van der Waals surface area (Å²) in [5.74, 6) is -2.24. The molecule has 6 heteroatoms. The predicted molar refractivity (Wildman–Crippen MR) is 84.0 cm³/mol. The van der Waals surface area contributed by atoms with Crippen molar-refractivity contribution in [2.24, 2.45) is 0 Å². The van der Waals surface area contributed by atoms with Crippen LogP contribution in [0.4, 0.5) is 0 Å². The number of benzene rings is 2. The maximum Gasteiger partial charge on any atom is 0.346 e. The molecule has 0 saturated heterocycles. The first-order valence-electron chi connectivity index (χ1n) is 7.61. The van der Waals surface area contributed by atoms with E-state index in [0.717, 1.165) is 0 Å². The van der Waals surface area contributed by atoms with Crippen molar-refractivity contribution in [2.45, 2.75) is 12.8 Å². The molecule has 0 N–H and O–H groups in total. The van der Waals surface area contributed by atoms with Crippen molar-refractivity contribution in [1.29, 1.82) is 0 Å². The molecule has 0 radical (unpaired) electrons. The first-order valence-corrected chi connectivity index (χ1v) is 7.61. The fraction of sp³-hybridized carbons (Fsp3) is 0.105. The normalized spacial score (nSPS) is 15.7. The van der Waals surface area contributed by atoms with Crippen molar-refractivity contribution in [1.82, 2.24) is 0 Å². The highest BCUT2D eigenvalue weighted by molar-refractivity contribution is 6.18. The molecule has 0 spiro atoms. The first-order chi connectivity index (χ1) is 12.0. The molecule has 1 aliphatic heterocycles. The van der Waals surface area contributed by atoms with Crippen molar-refractivity contribution < 1.29 is 28.7 Å². The van der Waals surface area contributed by atoms with Crippen molar-refractivity contribution in [3.05, 3.63) is 69.8 Å². The summed E-state index contributed by atoms with van der Waals surface area (Å²) in [6.45, 7) is 0. The zero-order valence-corrected chi connectivity index (χ0v) is 12.8. The van der Waals surface area contributed by atoms with E-state index in [1.165, 1.54) is 36.4 Å². The lowest BCUT2D eigenvalue weighted by Crippen LogP contribution is -2.18. The summed E-state index contributed by atoms with van der Waals surface area (Å²) in [6, 6.07) is 8.46. The topological polar surface area (TPSA) is 94.6 Å². The van der Waals surface area contributed by atoms with E-state index in [4.69, 9.17) is 0 Å². The van der Waals surface area contributed by atoms with Crippen LogP contribution < -0.4 is 0 Å². The molecule has 2 aliphatic rings. The number of rotatable bonds is 2. The second-order valence-electron chi connectivity index (χ2n) is 5.87. The molecule has 0 amide bonds. The molecule has 122 valence electrons. The van der Waals surface area contributed by atoms with Crippen LogP contribution in [0.2, 0.25) is 0 Å². The molecule has 2 aromatic carbocycles. The van der Waals surface area contributed by atoms with E-state index in [-0.39, 0.29) is 52.2 Å². The fourth-order valence-corrected chi connectivity index (χ4v) is 3.05. The Bertz CT molecular complexity index is 1010. The van der Waals surface area contributed by atoms with Gasteiger partial charge in [-0.05, 0) is 24.3 Å². The zero-order valence-electron chi connectivity index (χ0n) is 12.8. The maximum absolute atomic E-state index is 12.7. The van der Waals surface area contributed by atoms with Crippen LogP contribution in [-0.2, 0) is 4.74 Å². The molecule has 6 nitrogen and oxygen atoms in total. The maximum atomic E-state index is 12.7. The number of Topliss-reactive ketones (excluding diaryl/α,β-unsaturated/α-hetero) is 2. The van der Waals surface area contributed by atoms with Crippen LogP contribution in [0.3, 0.4) is 0 Å². The van der Waals surface area contributed by atoms with Crippen LogP contribution >= 0.6 is 0 Å². The van der Waals surface area contributed by atoms with Crippen LogP contribution in [0.1, 0.15) is 70.2 Å². The van der Waals surface area contributed by atoms with Gasteiger partial charge in [0.25, 0.3) is 0 Å². The Labute approximate surface area is 141 Å². The Kier molecular flexibility index (Phi) is 3.21. The zero-order chi connectivity index (χ0) is 17.7. The highest BCUT2D eigenvalue weighted by Gasteiger charge is 2.31. The number of cyclic esters (lactones) is 2. The summed E-state index contributed by atoms with van der Waals surface area (Å²) >= 11 is 0. The first kappa shape index (κ1) is 15.1. The predicted octanol–water partition coefficient (Wildman–Crippen LogP) is 2.39. The summed E-state index contributed by atoms with van der Waals surface area (Å²) in [6.07, 6.45) is 0.316. The van der Waals surface area contributed by atoms with Crippen molar-refractivity contribution in [3.63, 3.8) is 0 Å². The second-order valence-corrected chi connectivity index (χ2v) is 5.87. The van der Waals surface area contributed by atoms with Gasteiger partial charge in [-0.15, -0.1) is 0 Å². The van der Waals surface area contributed by atoms with Gasteiger partial charge >= 0.3 is 11.9 Å². The van der Waals surface area contributed by atoms with Crippen molar-refractivity contribution in [3.8, 4) is 0 Å². The van der Waals surface area contributed by atoms with Gasteiger partial charge in [0.2, 0.25) is 0 Å². The van der Waals surface area contributed by atoms with E-state index < -0.39 is 17.7 Å². The minimum atomic E-state index is -0.791. The Balaban J connectivity index is 1.75. The standard InChI is InChI=1S/C19H10O6/c20-15-5-6-16(21)13-7-9(1-3-11(13)15)17(22)10-2-4-12-14(8-10)19(24)25-18(12)23/h1-4,7-8H,5-6H2. The Morgan fingerprint density at radius 3 is 1.88 bits per heavy atom. The van der Waals surface area contributed by atoms with Gasteiger partial charge in [0, 0.05) is 35.1 Å². The lowest BCUT2D eigenvalue weighted by atomic mass is 9.87. The summed E-state index contributed by atoms with van der Waals surface area (Å²) in [4.78, 5) is 59.6. The lowest BCUT2D eigenvalue weighted by molar-refractivity contribution is 0.0443. The average molecular weight is 334 g/mol. The molecule has 0 atom stereocenters. The molecular formula is C19H10O6. The summed E-state index contributed by atoms with van der Waals surface area (Å²) < 4.78 is 4.50. The van der Waals surface area contributed by atoms with Gasteiger partial charge in [0.15, 0.2) is 17.3 Å². The monoisotopic (exact) mass is 334 g/mol. The number of ether oxygens (including phenoxy) is 1. The molecule has 25 heavy (non-hydrogen) atoms. The molecule has 0 saturated carbocycles. The Hall–Kier alpha value is -3.41. The highest BCUT2D eigenvalue weighted by atomic mass is 16.6. The van der Waals surface area contributed by atoms with Gasteiger partial charge in [0.05, 0.1) is 11.1 Å². The number of ketones is 3. The third-order valence-electron chi connectivity index (χ3n) is 4.37. The van der Waals surface area contributed by atoms with Crippen LogP contribution in [0, 0.1) is 0 Å². The fourth-order valence-electron chi connectivity index (χ4n) is 3.05. The largest absolute Gasteiger partial charge is 0.386 e. The van der Waals surface area contributed by atoms with Crippen LogP contribution in [0.5, 0.6) is 0 Å². The quantitative estimate of drug-likeness (QED) is 0.475. The number of carbonyl (C=O) groups is 5. The molecule has 0 fully saturated rings. The number of hydrogen-bond acceptors (Lipinski definition) is 6. The lowest BCUT2D eigenvalue weighted by Gasteiger charge is -2.14. The van der Waals surface area contributed by atoms with Gasteiger partial charge in [-0.1, -0.05) is 12.1 Å². The van der Waals surface area contributed by atoms with Gasteiger partial charge in [-0.25, -0.2) is 9.59 Å². The minimum absolute atomic E-state index is 0.0417. The number of hydrogen-bond donors (Lipinski definition) is 0. The molecule has 0 unspecified atom stereocenters.